The Bertz CT molecular complexity index is 671. The van der Waals surface area contributed by atoms with Crippen LogP contribution < -0.4 is 10.0 Å². The number of methoxy groups -OCH3 is 1. The van der Waals surface area contributed by atoms with E-state index in [1.165, 1.54) is 19.2 Å². The number of aromatic carboxylic acids is 1. The zero-order valence-corrected chi connectivity index (χ0v) is 14.3. The van der Waals surface area contributed by atoms with Crippen LogP contribution in [0.15, 0.2) is 23.1 Å². The lowest BCUT2D eigenvalue weighted by Crippen LogP contribution is -2.29. The number of carboxylic acid groups (broad SMARTS) is 1. The first-order valence-corrected chi connectivity index (χ1v) is 9.14. The van der Waals surface area contributed by atoms with Gasteiger partial charge in [0.1, 0.15) is 4.90 Å². The van der Waals surface area contributed by atoms with Crippen molar-refractivity contribution in [2.24, 2.45) is 0 Å². The summed E-state index contributed by atoms with van der Waals surface area (Å²) in [6, 6.07) is 3.98. The molecular formula is C15H22N2O6S. The Morgan fingerprint density at radius 1 is 1.46 bits per heavy atom. The highest BCUT2D eigenvalue weighted by atomic mass is 32.2. The van der Waals surface area contributed by atoms with E-state index in [1.54, 1.807) is 0 Å². The molecule has 8 nitrogen and oxygen atoms in total. The average molecular weight is 358 g/mol. The monoisotopic (exact) mass is 358 g/mol. The minimum Gasteiger partial charge on any atom is -0.478 e. The normalized spacial score (nSPS) is 17.8. The lowest BCUT2D eigenvalue weighted by molar-refractivity contribution is 0.0696. The quantitative estimate of drug-likeness (QED) is 0.562. The van der Waals surface area contributed by atoms with Crippen LogP contribution in [0.25, 0.3) is 0 Å². The molecule has 9 heteroatoms. The molecule has 0 unspecified atom stereocenters. The number of sulfonamides is 1. The van der Waals surface area contributed by atoms with Gasteiger partial charge in [0.15, 0.2) is 0 Å². The molecule has 1 atom stereocenters. The highest BCUT2D eigenvalue weighted by Gasteiger charge is 2.22. The number of benzene rings is 1. The fourth-order valence-corrected chi connectivity index (χ4v) is 3.63. The first-order chi connectivity index (χ1) is 11.4. The van der Waals surface area contributed by atoms with Crippen molar-refractivity contribution >= 4 is 21.7 Å². The largest absolute Gasteiger partial charge is 0.478 e. The molecule has 0 bridgehead atoms. The molecule has 24 heavy (non-hydrogen) atoms. The number of carbonyl (C=O) groups is 1. The Kier molecular flexibility index (Phi) is 6.55. The summed E-state index contributed by atoms with van der Waals surface area (Å²) in [6.45, 7) is 1.48. The molecule has 1 aliphatic rings. The topological polar surface area (TPSA) is 114 Å². The minimum absolute atomic E-state index is 0.0288. The zero-order chi connectivity index (χ0) is 17.6. The van der Waals surface area contributed by atoms with Gasteiger partial charge in [0.05, 0.1) is 24.0 Å². The van der Waals surface area contributed by atoms with Crippen molar-refractivity contribution in [1.29, 1.82) is 0 Å². The van der Waals surface area contributed by atoms with Crippen LogP contribution in [0.2, 0.25) is 0 Å². The third-order valence-corrected chi connectivity index (χ3v) is 5.16. The Labute approximate surface area is 141 Å². The standard InChI is InChI=1S/C15H22N2O6S/c1-22-8-6-17-24(20,21)14-9-11(15(18)19)4-5-13(14)16-10-12-3-2-7-23-12/h4-5,9,12,16-17H,2-3,6-8,10H2,1H3,(H,18,19)/t12-/m0/s1. The van der Waals surface area contributed by atoms with Gasteiger partial charge in [-0.2, -0.15) is 0 Å². The summed E-state index contributed by atoms with van der Waals surface area (Å²) < 4.78 is 37.7. The second-order valence-electron chi connectivity index (χ2n) is 5.42. The molecule has 0 spiro atoms. The van der Waals surface area contributed by atoms with E-state index >= 15 is 0 Å². The molecule has 134 valence electrons. The van der Waals surface area contributed by atoms with E-state index in [0.29, 0.717) is 18.8 Å². The van der Waals surface area contributed by atoms with E-state index in [9.17, 15) is 13.2 Å². The Hall–Kier alpha value is -1.68. The van der Waals surface area contributed by atoms with Crippen LogP contribution in [0.3, 0.4) is 0 Å². The first-order valence-electron chi connectivity index (χ1n) is 7.65. The second-order valence-corrected chi connectivity index (χ2v) is 7.16. The Morgan fingerprint density at radius 3 is 2.88 bits per heavy atom. The van der Waals surface area contributed by atoms with Crippen molar-refractivity contribution in [3.63, 3.8) is 0 Å². The molecule has 0 amide bonds. The highest BCUT2D eigenvalue weighted by molar-refractivity contribution is 7.89. The fourth-order valence-electron chi connectivity index (χ4n) is 2.41. The van der Waals surface area contributed by atoms with Gasteiger partial charge in [0.2, 0.25) is 10.0 Å². The maximum absolute atomic E-state index is 12.5. The lowest BCUT2D eigenvalue weighted by Gasteiger charge is -2.16. The lowest BCUT2D eigenvalue weighted by atomic mass is 10.2. The summed E-state index contributed by atoms with van der Waals surface area (Å²) in [5, 5.41) is 12.2. The van der Waals surface area contributed by atoms with Gasteiger partial charge in [-0.05, 0) is 31.0 Å². The molecule has 1 heterocycles. The van der Waals surface area contributed by atoms with Crippen LogP contribution in [0.1, 0.15) is 23.2 Å². The predicted octanol–water partition coefficient (Wildman–Crippen LogP) is 0.900. The van der Waals surface area contributed by atoms with E-state index in [0.717, 1.165) is 18.9 Å². The highest BCUT2D eigenvalue weighted by Crippen LogP contribution is 2.24. The molecule has 1 aliphatic heterocycles. The third-order valence-electron chi connectivity index (χ3n) is 3.66. The van der Waals surface area contributed by atoms with Crippen LogP contribution in [0, 0.1) is 0 Å². The van der Waals surface area contributed by atoms with Crippen LogP contribution in [-0.2, 0) is 19.5 Å². The summed E-state index contributed by atoms with van der Waals surface area (Å²) in [5.74, 6) is -1.19. The molecule has 1 aromatic carbocycles. The van der Waals surface area contributed by atoms with Gasteiger partial charge in [0.25, 0.3) is 0 Å². The third kappa shape index (κ3) is 4.91. The van der Waals surface area contributed by atoms with Crippen molar-refractivity contribution < 1.29 is 27.8 Å². The molecule has 1 saturated heterocycles. The summed E-state index contributed by atoms with van der Waals surface area (Å²) in [5.41, 5.74) is 0.255. The maximum Gasteiger partial charge on any atom is 0.335 e. The number of nitrogens with one attached hydrogen (secondary N) is 2. The van der Waals surface area contributed by atoms with Gasteiger partial charge in [-0.1, -0.05) is 0 Å². The van der Waals surface area contributed by atoms with Crippen molar-refractivity contribution in [3.05, 3.63) is 23.8 Å². The molecule has 0 aromatic heterocycles. The number of rotatable bonds is 9. The SMILES string of the molecule is COCCNS(=O)(=O)c1cc(C(=O)O)ccc1NC[C@@H]1CCCO1. The van der Waals surface area contributed by atoms with Gasteiger partial charge in [0, 0.05) is 26.8 Å². The molecule has 2 rings (SSSR count). The second kappa shape index (κ2) is 8.43. The van der Waals surface area contributed by atoms with E-state index in [1.807, 2.05) is 0 Å². The van der Waals surface area contributed by atoms with Gasteiger partial charge in [-0.25, -0.2) is 17.9 Å². The Balaban J connectivity index is 2.22. The summed E-state index contributed by atoms with van der Waals surface area (Å²) in [6.07, 6.45) is 1.92. The van der Waals surface area contributed by atoms with Crippen molar-refractivity contribution in [2.75, 3.05) is 38.7 Å². The first kappa shape index (κ1) is 18.7. The number of anilines is 1. The van der Waals surface area contributed by atoms with Gasteiger partial charge < -0.3 is 19.9 Å². The maximum atomic E-state index is 12.5. The van der Waals surface area contributed by atoms with E-state index in [2.05, 4.69) is 10.0 Å². The zero-order valence-electron chi connectivity index (χ0n) is 13.4. The van der Waals surface area contributed by atoms with Crippen molar-refractivity contribution in [2.45, 2.75) is 23.8 Å². The molecule has 0 saturated carbocycles. The molecule has 0 radical (unpaired) electrons. The predicted molar refractivity (Wildman–Crippen MR) is 87.9 cm³/mol. The summed E-state index contributed by atoms with van der Waals surface area (Å²) >= 11 is 0. The van der Waals surface area contributed by atoms with Crippen molar-refractivity contribution in [3.8, 4) is 0 Å². The number of hydrogen-bond donors (Lipinski definition) is 3. The van der Waals surface area contributed by atoms with Gasteiger partial charge in [-0.15, -0.1) is 0 Å². The van der Waals surface area contributed by atoms with E-state index in [-0.39, 0.29) is 29.7 Å². The van der Waals surface area contributed by atoms with E-state index < -0.39 is 16.0 Å². The smallest absolute Gasteiger partial charge is 0.335 e. The van der Waals surface area contributed by atoms with Crippen LogP contribution in [0.4, 0.5) is 5.69 Å². The molecule has 3 N–H and O–H groups in total. The summed E-state index contributed by atoms with van der Waals surface area (Å²) in [4.78, 5) is 11.0. The van der Waals surface area contributed by atoms with Gasteiger partial charge >= 0.3 is 5.97 Å². The average Bonchev–Trinajstić information content (AvgIpc) is 3.06. The number of carboxylic acids is 1. The fraction of sp³-hybridized carbons (Fsp3) is 0.533. The van der Waals surface area contributed by atoms with Gasteiger partial charge in [-0.3, -0.25) is 0 Å². The number of hydrogen-bond acceptors (Lipinski definition) is 6. The van der Waals surface area contributed by atoms with Crippen molar-refractivity contribution in [1.82, 2.24) is 4.72 Å². The van der Waals surface area contributed by atoms with Crippen LogP contribution in [-0.4, -0.2) is 59.0 Å². The summed E-state index contributed by atoms with van der Waals surface area (Å²) in [7, 11) is -2.40. The molecule has 1 fully saturated rings. The van der Waals surface area contributed by atoms with Crippen LogP contribution in [0.5, 0.6) is 0 Å². The molecule has 1 aromatic rings. The van der Waals surface area contributed by atoms with E-state index in [4.69, 9.17) is 14.6 Å². The van der Waals surface area contributed by atoms with Crippen LogP contribution >= 0.6 is 0 Å². The molecule has 0 aliphatic carbocycles. The number of ether oxygens (including phenoxy) is 2. The molecular weight excluding hydrogens is 336 g/mol. The Morgan fingerprint density at radius 2 is 2.25 bits per heavy atom. The minimum atomic E-state index is -3.86.